The number of alkyl halides is 3. The van der Waals surface area contributed by atoms with E-state index in [-0.39, 0.29) is 18.9 Å². The van der Waals surface area contributed by atoms with E-state index in [9.17, 15) is 13.2 Å². The first kappa shape index (κ1) is 15.7. The van der Waals surface area contributed by atoms with Gasteiger partial charge in [-0.3, -0.25) is 0 Å². The van der Waals surface area contributed by atoms with Crippen molar-refractivity contribution >= 4 is 26.7 Å². The van der Waals surface area contributed by atoms with Crippen LogP contribution in [0.3, 0.4) is 0 Å². The van der Waals surface area contributed by atoms with Crippen molar-refractivity contribution in [2.75, 3.05) is 0 Å². The predicted octanol–water partition coefficient (Wildman–Crippen LogP) is 6.10. The van der Waals surface area contributed by atoms with Crippen LogP contribution in [0.1, 0.15) is 25.7 Å². The fraction of sp³-hybridized carbons (Fsp3) is 0.412. The quantitative estimate of drug-likeness (QED) is 0.618. The van der Waals surface area contributed by atoms with Crippen LogP contribution in [0.4, 0.5) is 13.2 Å². The maximum Gasteiger partial charge on any atom is 0.391 e. The molecule has 0 heterocycles. The van der Waals surface area contributed by atoms with Crippen LogP contribution in [-0.4, -0.2) is 12.3 Å². The number of hydrogen-bond donors (Lipinski definition) is 0. The molecule has 2 aromatic rings. The topological polar surface area (TPSA) is 9.23 Å². The standard InChI is InChI=1S/C17H16BrF3O/c18-14-5-1-12-10-16(6-2-11(12)9-14)22-15-7-3-13(4-8-15)17(19,20)21/h1-2,5-6,9-10,13,15H,3-4,7-8H2/t13-,15+. The Morgan fingerprint density at radius 3 is 2.23 bits per heavy atom. The van der Waals surface area contributed by atoms with Crippen LogP contribution >= 0.6 is 15.9 Å². The fourth-order valence-corrected chi connectivity index (χ4v) is 3.35. The van der Waals surface area contributed by atoms with Crippen molar-refractivity contribution in [3.8, 4) is 5.75 Å². The van der Waals surface area contributed by atoms with Crippen LogP contribution in [0.5, 0.6) is 5.75 Å². The van der Waals surface area contributed by atoms with E-state index in [1.54, 1.807) is 0 Å². The van der Waals surface area contributed by atoms with Crippen LogP contribution in [0.2, 0.25) is 0 Å². The third-order valence-corrected chi connectivity index (χ3v) is 4.71. The average molecular weight is 373 g/mol. The highest BCUT2D eigenvalue weighted by atomic mass is 79.9. The first-order valence-corrected chi connectivity index (χ1v) is 8.14. The largest absolute Gasteiger partial charge is 0.490 e. The smallest absolute Gasteiger partial charge is 0.391 e. The molecule has 0 saturated heterocycles. The van der Waals surface area contributed by atoms with E-state index in [4.69, 9.17) is 4.74 Å². The Kier molecular flexibility index (Phi) is 4.35. The van der Waals surface area contributed by atoms with E-state index in [0.29, 0.717) is 12.8 Å². The summed E-state index contributed by atoms with van der Waals surface area (Å²) in [6, 6.07) is 11.8. The van der Waals surface area contributed by atoms with Gasteiger partial charge in [-0.2, -0.15) is 13.2 Å². The molecule has 0 N–H and O–H groups in total. The highest BCUT2D eigenvalue weighted by molar-refractivity contribution is 9.10. The van der Waals surface area contributed by atoms with Gasteiger partial charge in [0, 0.05) is 4.47 Å². The van der Waals surface area contributed by atoms with Crippen LogP contribution in [-0.2, 0) is 0 Å². The fourth-order valence-electron chi connectivity index (χ4n) is 2.97. The van der Waals surface area contributed by atoms with E-state index < -0.39 is 12.1 Å². The first-order chi connectivity index (χ1) is 10.4. The van der Waals surface area contributed by atoms with E-state index in [1.165, 1.54) is 0 Å². The minimum Gasteiger partial charge on any atom is -0.490 e. The Hall–Kier alpha value is -1.23. The molecule has 1 fully saturated rings. The summed E-state index contributed by atoms with van der Waals surface area (Å²) in [7, 11) is 0. The SMILES string of the molecule is FC(F)(F)[C@H]1CC[C@@H](Oc2ccc3cc(Br)ccc3c2)CC1. The molecule has 0 aliphatic heterocycles. The van der Waals surface area contributed by atoms with Gasteiger partial charge in [-0.25, -0.2) is 0 Å². The minimum absolute atomic E-state index is 0.119. The average Bonchev–Trinajstić information content (AvgIpc) is 2.47. The van der Waals surface area contributed by atoms with Crippen molar-refractivity contribution < 1.29 is 17.9 Å². The molecular formula is C17H16BrF3O. The molecule has 3 rings (SSSR count). The van der Waals surface area contributed by atoms with Crippen molar-refractivity contribution in [1.29, 1.82) is 0 Å². The van der Waals surface area contributed by atoms with Crippen LogP contribution in [0, 0.1) is 5.92 Å². The Balaban J connectivity index is 1.66. The van der Waals surface area contributed by atoms with Crippen LogP contribution < -0.4 is 4.74 Å². The van der Waals surface area contributed by atoms with Gasteiger partial charge in [0.05, 0.1) is 12.0 Å². The molecule has 1 saturated carbocycles. The number of benzene rings is 2. The number of hydrogen-bond acceptors (Lipinski definition) is 1. The number of fused-ring (bicyclic) bond motifs is 1. The molecule has 0 spiro atoms. The van der Waals surface area contributed by atoms with Gasteiger partial charge in [0.2, 0.25) is 0 Å². The van der Waals surface area contributed by atoms with Crippen molar-refractivity contribution in [2.45, 2.75) is 38.0 Å². The molecule has 1 aliphatic carbocycles. The number of ether oxygens (including phenoxy) is 1. The molecule has 2 aromatic carbocycles. The number of rotatable bonds is 2. The summed E-state index contributed by atoms with van der Waals surface area (Å²) < 4.78 is 44.9. The maximum atomic E-state index is 12.7. The van der Waals surface area contributed by atoms with E-state index in [1.807, 2.05) is 36.4 Å². The van der Waals surface area contributed by atoms with Gasteiger partial charge in [-0.15, -0.1) is 0 Å². The van der Waals surface area contributed by atoms with Gasteiger partial charge >= 0.3 is 6.18 Å². The molecule has 0 radical (unpaired) electrons. The highest BCUT2D eigenvalue weighted by Gasteiger charge is 2.41. The molecule has 0 amide bonds. The summed E-state index contributed by atoms with van der Waals surface area (Å²) >= 11 is 3.43. The van der Waals surface area contributed by atoms with E-state index >= 15 is 0 Å². The third-order valence-electron chi connectivity index (χ3n) is 4.21. The molecule has 1 aliphatic rings. The molecule has 1 nitrogen and oxygen atoms in total. The Labute approximate surface area is 135 Å². The van der Waals surface area contributed by atoms with Gasteiger partial charge in [-0.05, 0) is 60.7 Å². The van der Waals surface area contributed by atoms with Crippen LogP contribution in [0.25, 0.3) is 10.8 Å². The molecule has 22 heavy (non-hydrogen) atoms. The molecule has 0 atom stereocenters. The summed E-state index contributed by atoms with van der Waals surface area (Å²) in [6.07, 6.45) is -2.94. The molecule has 0 bridgehead atoms. The molecule has 0 unspecified atom stereocenters. The molecule has 5 heteroatoms. The molecular weight excluding hydrogens is 357 g/mol. The Bertz CT molecular complexity index is 660. The molecule has 118 valence electrons. The summed E-state index contributed by atoms with van der Waals surface area (Å²) in [4.78, 5) is 0. The monoisotopic (exact) mass is 372 g/mol. The summed E-state index contributed by atoms with van der Waals surface area (Å²) in [5, 5.41) is 2.16. The van der Waals surface area contributed by atoms with Gasteiger partial charge in [0.1, 0.15) is 5.75 Å². The maximum absolute atomic E-state index is 12.7. The second-order valence-electron chi connectivity index (χ2n) is 5.79. The molecule has 0 aromatic heterocycles. The Morgan fingerprint density at radius 2 is 1.55 bits per heavy atom. The van der Waals surface area contributed by atoms with Crippen LogP contribution in [0.15, 0.2) is 40.9 Å². The van der Waals surface area contributed by atoms with Gasteiger partial charge in [-0.1, -0.05) is 28.1 Å². The zero-order valence-corrected chi connectivity index (χ0v) is 13.5. The van der Waals surface area contributed by atoms with Gasteiger partial charge in [0.25, 0.3) is 0 Å². The van der Waals surface area contributed by atoms with Crippen molar-refractivity contribution in [3.05, 3.63) is 40.9 Å². The van der Waals surface area contributed by atoms with Crippen molar-refractivity contribution in [3.63, 3.8) is 0 Å². The summed E-state index contributed by atoms with van der Waals surface area (Å²) in [5.74, 6) is -0.438. The Morgan fingerprint density at radius 1 is 0.909 bits per heavy atom. The lowest BCUT2D eigenvalue weighted by atomic mass is 9.87. The zero-order chi connectivity index (χ0) is 15.7. The van der Waals surface area contributed by atoms with E-state index in [2.05, 4.69) is 15.9 Å². The summed E-state index contributed by atoms with van der Waals surface area (Å²) in [5.41, 5.74) is 0. The predicted molar refractivity (Wildman–Crippen MR) is 84.1 cm³/mol. The second kappa shape index (κ2) is 6.11. The normalized spacial score (nSPS) is 22.7. The van der Waals surface area contributed by atoms with Crippen molar-refractivity contribution in [2.24, 2.45) is 5.92 Å². The number of halogens is 4. The minimum atomic E-state index is -4.07. The lowest BCUT2D eigenvalue weighted by Gasteiger charge is -2.30. The van der Waals surface area contributed by atoms with Gasteiger partial charge in [0.15, 0.2) is 0 Å². The lowest BCUT2D eigenvalue weighted by Crippen LogP contribution is -2.31. The summed E-state index contributed by atoms with van der Waals surface area (Å²) in [6.45, 7) is 0. The lowest BCUT2D eigenvalue weighted by molar-refractivity contribution is -0.185. The van der Waals surface area contributed by atoms with E-state index in [0.717, 1.165) is 21.0 Å². The third kappa shape index (κ3) is 3.57. The van der Waals surface area contributed by atoms with Crippen molar-refractivity contribution in [1.82, 2.24) is 0 Å². The zero-order valence-electron chi connectivity index (χ0n) is 11.9. The highest BCUT2D eigenvalue weighted by Crippen LogP contribution is 2.38. The van der Waals surface area contributed by atoms with Gasteiger partial charge < -0.3 is 4.74 Å². The first-order valence-electron chi connectivity index (χ1n) is 7.34. The second-order valence-corrected chi connectivity index (χ2v) is 6.70.